The lowest BCUT2D eigenvalue weighted by Gasteiger charge is -2.30. The highest BCUT2D eigenvalue weighted by atomic mass is 32.2. The van der Waals surface area contributed by atoms with Crippen LogP contribution >= 0.6 is 0 Å². The molecule has 0 unspecified atom stereocenters. The van der Waals surface area contributed by atoms with Crippen LogP contribution in [0, 0.1) is 21.4 Å². The summed E-state index contributed by atoms with van der Waals surface area (Å²) in [5.41, 5.74) is 0.988. The highest BCUT2D eigenvalue weighted by Crippen LogP contribution is 2.27. The summed E-state index contributed by atoms with van der Waals surface area (Å²) in [5, 5.41) is 22.4. The molecule has 10 heteroatoms. The molecule has 1 N–H and O–H groups in total. The van der Waals surface area contributed by atoms with Crippen molar-refractivity contribution in [3.05, 3.63) is 64.2 Å². The molecular formula is C19H20N4O5S. The van der Waals surface area contributed by atoms with E-state index >= 15 is 0 Å². The number of benzene rings is 2. The Morgan fingerprint density at radius 2 is 1.93 bits per heavy atom. The number of nitrogens with zero attached hydrogens (tertiary/aromatic N) is 3. The molecule has 0 saturated heterocycles. The molecule has 2 aromatic carbocycles. The summed E-state index contributed by atoms with van der Waals surface area (Å²) >= 11 is 0. The molecule has 152 valence electrons. The number of non-ortho nitro benzene ring substituents is 1. The van der Waals surface area contributed by atoms with Crippen LogP contribution in [0.2, 0.25) is 0 Å². The fourth-order valence-corrected chi connectivity index (χ4v) is 4.03. The van der Waals surface area contributed by atoms with Gasteiger partial charge in [0.25, 0.3) is 5.69 Å². The number of nitrogens with one attached hydrogen (secondary N) is 1. The number of carbonyl (C=O) groups is 1. The van der Waals surface area contributed by atoms with Gasteiger partial charge in [-0.1, -0.05) is 25.1 Å². The van der Waals surface area contributed by atoms with Crippen molar-refractivity contribution in [3.63, 3.8) is 0 Å². The first kappa shape index (κ1) is 21.8. The van der Waals surface area contributed by atoms with Crippen molar-refractivity contribution in [2.45, 2.75) is 25.8 Å². The fourth-order valence-electron chi connectivity index (χ4n) is 2.83. The van der Waals surface area contributed by atoms with E-state index in [0.29, 0.717) is 5.69 Å². The topological polar surface area (TPSA) is 133 Å². The van der Waals surface area contributed by atoms with Crippen LogP contribution in [0.3, 0.4) is 0 Å². The van der Waals surface area contributed by atoms with E-state index in [1.807, 2.05) is 6.07 Å². The highest BCUT2D eigenvalue weighted by molar-refractivity contribution is 7.92. The lowest BCUT2D eigenvalue weighted by Crippen LogP contribution is -2.47. The second-order valence-corrected chi connectivity index (χ2v) is 8.14. The second-order valence-electron chi connectivity index (χ2n) is 6.28. The number of amides is 1. The van der Waals surface area contributed by atoms with Crippen LogP contribution in [-0.4, -0.2) is 31.5 Å². The van der Waals surface area contributed by atoms with Crippen LogP contribution in [0.5, 0.6) is 0 Å². The Hall–Kier alpha value is -3.45. The summed E-state index contributed by atoms with van der Waals surface area (Å²) in [4.78, 5) is 23.3. The van der Waals surface area contributed by atoms with Gasteiger partial charge in [-0.25, -0.2) is 8.42 Å². The normalized spacial score (nSPS) is 11.9. The van der Waals surface area contributed by atoms with E-state index in [-0.39, 0.29) is 24.2 Å². The zero-order valence-corrected chi connectivity index (χ0v) is 16.7. The molecule has 0 aliphatic heterocycles. The van der Waals surface area contributed by atoms with E-state index in [9.17, 15) is 23.3 Å². The summed E-state index contributed by atoms with van der Waals surface area (Å²) in [6, 6.07) is 12.7. The lowest BCUT2D eigenvalue weighted by molar-refractivity contribution is -0.384. The van der Waals surface area contributed by atoms with E-state index < -0.39 is 26.9 Å². The molecule has 0 radical (unpaired) electrons. The van der Waals surface area contributed by atoms with Gasteiger partial charge in [0.05, 0.1) is 29.4 Å². The number of rotatable bonds is 8. The van der Waals surface area contributed by atoms with E-state index in [2.05, 4.69) is 5.32 Å². The quantitative estimate of drug-likeness (QED) is 0.519. The van der Waals surface area contributed by atoms with Crippen LogP contribution in [0.15, 0.2) is 48.5 Å². The molecule has 2 rings (SSSR count). The van der Waals surface area contributed by atoms with Crippen LogP contribution in [-0.2, 0) is 21.2 Å². The van der Waals surface area contributed by atoms with Gasteiger partial charge in [-0.05, 0) is 30.2 Å². The van der Waals surface area contributed by atoms with Crippen molar-refractivity contribution >= 4 is 33.0 Å². The van der Waals surface area contributed by atoms with Gasteiger partial charge in [-0.2, -0.15) is 5.26 Å². The number of anilines is 2. The molecule has 0 saturated carbocycles. The zero-order chi connectivity index (χ0) is 21.6. The van der Waals surface area contributed by atoms with Crippen LogP contribution in [0.25, 0.3) is 0 Å². The first-order chi connectivity index (χ1) is 13.7. The smallest absolute Gasteiger partial charge is 0.271 e. The van der Waals surface area contributed by atoms with Gasteiger partial charge in [0.2, 0.25) is 15.9 Å². The van der Waals surface area contributed by atoms with Crippen molar-refractivity contribution < 1.29 is 18.1 Å². The predicted octanol–water partition coefficient (Wildman–Crippen LogP) is 2.84. The van der Waals surface area contributed by atoms with Crippen molar-refractivity contribution in [1.82, 2.24) is 0 Å². The third kappa shape index (κ3) is 5.52. The van der Waals surface area contributed by atoms with Gasteiger partial charge < -0.3 is 5.32 Å². The molecule has 1 amide bonds. The summed E-state index contributed by atoms with van der Waals surface area (Å²) < 4.78 is 25.8. The number of nitro benzene ring substituents is 1. The summed E-state index contributed by atoms with van der Waals surface area (Å²) in [6.45, 7) is 1.65. The molecule has 0 heterocycles. The summed E-state index contributed by atoms with van der Waals surface area (Å²) in [7, 11) is -3.91. The fraction of sp³-hybridized carbons (Fsp3) is 0.263. The van der Waals surface area contributed by atoms with Gasteiger partial charge in [-0.15, -0.1) is 0 Å². The first-order valence-electron chi connectivity index (χ1n) is 8.68. The van der Waals surface area contributed by atoms with Crippen molar-refractivity contribution in [2.24, 2.45) is 0 Å². The highest BCUT2D eigenvalue weighted by Gasteiger charge is 2.32. The molecule has 0 bridgehead atoms. The molecule has 29 heavy (non-hydrogen) atoms. The number of sulfonamides is 1. The minimum atomic E-state index is -3.91. The average Bonchev–Trinajstić information content (AvgIpc) is 2.66. The number of hydrogen-bond donors (Lipinski definition) is 1. The van der Waals surface area contributed by atoms with Crippen LogP contribution < -0.4 is 9.62 Å². The molecule has 0 aliphatic rings. The monoisotopic (exact) mass is 416 g/mol. The van der Waals surface area contributed by atoms with Crippen LogP contribution in [0.4, 0.5) is 17.1 Å². The average molecular weight is 416 g/mol. The first-order valence-corrected chi connectivity index (χ1v) is 10.5. The number of hydrogen-bond acceptors (Lipinski definition) is 6. The van der Waals surface area contributed by atoms with Gasteiger partial charge in [0.1, 0.15) is 6.04 Å². The third-order valence-corrected chi connectivity index (χ3v) is 5.31. The van der Waals surface area contributed by atoms with E-state index in [1.54, 1.807) is 31.2 Å². The molecule has 2 aromatic rings. The largest absolute Gasteiger partial charge is 0.324 e. The SMILES string of the molecule is CC[C@@H](C(=O)Nc1ccc(CC#N)cc1)N(c1cccc([N+](=O)[O-])c1)S(C)(=O)=O. The molecule has 1 atom stereocenters. The van der Waals surface area contributed by atoms with Crippen molar-refractivity contribution in [1.29, 1.82) is 5.26 Å². The Kier molecular flexibility index (Phi) is 6.90. The van der Waals surface area contributed by atoms with Gasteiger partial charge >= 0.3 is 0 Å². The Labute approximate surface area is 168 Å². The van der Waals surface area contributed by atoms with Gasteiger partial charge in [0.15, 0.2) is 0 Å². The van der Waals surface area contributed by atoms with E-state index in [0.717, 1.165) is 22.2 Å². The van der Waals surface area contributed by atoms with E-state index in [4.69, 9.17) is 5.26 Å². The van der Waals surface area contributed by atoms with Crippen molar-refractivity contribution in [3.8, 4) is 6.07 Å². The molecule has 9 nitrogen and oxygen atoms in total. The molecule has 0 aromatic heterocycles. The standard InChI is InChI=1S/C19H20N4O5S/c1-3-18(19(24)21-15-9-7-14(8-10-15)11-12-20)22(29(2,27)28)16-5-4-6-17(13-16)23(25)26/h4-10,13,18H,3,11H2,1-2H3,(H,21,24)/t18-/m0/s1. The molecular weight excluding hydrogens is 396 g/mol. The maximum Gasteiger partial charge on any atom is 0.271 e. The molecule has 0 spiro atoms. The predicted molar refractivity (Wildman–Crippen MR) is 109 cm³/mol. The lowest BCUT2D eigenvalue weighted by atomic mass is 10.1. The Balaban J connectivity index is 2.36. The van der Waals surface area contributed by atoms with Crippen LogP contribution in [0.1, 0.15) is 18.9 Å². The summed E-state index contributed by atoms with van der Waals surface area (Å²) in [5.74, 6) is -0.572. The number of nitro groups is 1. The minimum Gasteiger partial charge on any atom is -0.324 e. The Morgan fingerprint density at radius 1 is 1.28 bits per heavy atom. The number of carbonyl (C=O) groups excluding carboxylic acids is 1. The van der Waals surface area contributed by atoms with Gasteiger partial charge in [0, 0.05) is 17.8 Å². The number of nitriles is 1. The summed E-state index contributed by atoms with van der Waals surface area (Å²) in [6.07, 6.45) is 1.33. The Morgan fingerprint density at radius 3 is 2.45 bits per heavy atom. The molecule has 0 fully saturated rings. The zero-order valence-electron chi connectivity index (χ0n) is 15.9. The third-order valence-electron chi connectivity index (χ3n) is 4.13. The minimum absolute atomic E-state index is 0.0352. The van der Waals surface area contributed by atoms with E-state index in [1.165, 1.54) is 18.2 Å². The maximum atomic E-state index is 12.8. The Bertz CT molecular complexity index is 1050. The molecule has 0 aliphatic carbocycles. The van der Waals surface area contributed by atoms with Crippen molar-refractivity contribution in [2.75, 3.05) is 15.9 Å². The van der Waals surface area contributed by atoms with Gasteiger partial charge in [-0.3, -0.25) is 19.2 Å². The maximum absolute atomic E-state index is 12.8. The second kappa shape index (κ2) is 9.16.